The largest absolute Gasteiger partial charge is 0.378 e. The average molecular weight is 340 g/mol. The van der Waals surface area contributed by atoms with Crippen molar-refractivity contribution in [1.82, 2.24) is 9.03 Å². The predicted octanol–water partition coefficient (Wildman–Crippen LogP) is 2.25. The lowest BCUT2D eigenvalue weighted by Gasteiger charge is -2.29. The third kappa shape index (κ3) is 5.48. The first-order valence-electron chi connectivity index (χ1n) is 8.39. The van der Waals surface area contributed by atoms with Crippen molar-refractivity contribution in [1.29, 1.82) is 0 Å². The molecular formula is C17H29N3O2S. The van der Waals surface area contributed by atoms with Crippen molar-refractivity contribution >= 4 is 15.9 Å². The number of piperidine rings is 1. The van der Waals surface area contributed by atoms with E-state index >= 15 is 0 Å². The summed E-state index contributed by atoms with van der Waals surface area (Å²) in [4.78, 5) is 2.07. The van der Waals surface area contributed by atoms with Crippen LogP contribution in [0.1, 0.15) is 31.7 Å². The number of nitrogens with one attached hydrogen (secondary N) is 1. The summed E-state index contributed by atoms with van der Waals surface area (Å²) >= 11 is 0. The van der Waals surface area contributed by atoms with E-state index in [0.29, 0.717) is 25.6 Å². The Balaban J connectivity index is 1.76. The van der Waals surface area contributed by atoms with Crippen LogP contribution >= 0.6 is 0 Å². The zero-order valence-corrected chi connectivity index (χ0v) is 15.3. The summed E-state index contributed by atoms with van der Waals surface area (Å²) < 4.78 is 28.9. The lowest BCUT2D eigenvalue weighted by Crippen LogP contribution is -2.45. The molecule has 0 bridgehead atoms. The molecular weight excluding hydrogens is 310 g/mol. The van der Waals surface area contributed by atoms with Gasteiger partial charge >= 0.3 is 0 Å². The van der Waals surface area contributed by atoms with Crippen LogP contribution in [0.3, 0.4) is 0 Å². The summed E-state index contributed by atoms with van der Waals surface area (Å²) in [5, 5.41) is 0. The Labute approximate surface area is 140 Å². The smallest absolute Gasteiger partial charge is 0.279 e. The van der Waals surface area contributed by atoms with Gasteiger partial charge in [-0.25, -0.2) is 4.72 Å². The zero-order valence-electron chi connectivity index (χ0n) is 14.5. The highest BCUT2D eigenvalue weighted by Crippen LogP contribution is 2.17. The van der Waals surface area contributed by atoms with Gasteiger partial charge in [0.15, 0.2) is 0 Å². The van der Waals surface area contributed by atoms with Crippen LogP contribution in [0.4, 0.5) is 5.69 Å². The van der Waals surface area contributed by atoms with Gasteiger partial charge < -0.3 is 4.90 Å². The molecule has 1 aromatic rings. The lowest BCUT2D eigenvalue weighted by molar-refractivity contribution is 0.278. The summed E-state index contributed by atoms with van der Waals surface area (Å²) in [5.41, 5.74) is 2.41. The zero-order chi connectivity index (χ0) is 16.9. The molecule has 2 rings (SSSR count). The molecule has 0 amide bonds. The first-order chi connectivity index (χ1) is 10.9. The minimum absolute atomic E-state index is 0.454. The fraction of sp³-hybridized carbons (Fsp3) is 0.647. The van der Waals surface area contributed by atoms with Gasteiger partial charge in [0, 0.05) is 39.4 Å². The number of aryl methyl sites for hydroxylation is 1. The van der Waals surface area contributed by atoms with Crippen LogP contribution in [0.15, 0.2) is 24.3 Å². The molecule has 1 N–H and O–H groups in total. The van der Waals surface area contributed by atoms with E-state index in [0.717, 1.165) is 25.7 Å². The molecule has 1 heterocycles. The molecule has 0 aromatic heterocycles. The van der Waals surface area contributed by atoms with Crippen molar-refractivity contribution in [2.24, 2.45) is 5.92 Å². The molecule has 1 saturated heterocycles. The minimum atomic E-state index is -3.31. The number of rotatable bonds is 7. The van der Waals surface area contributed by atoms with Gasteiger partial charge in [-0.15, -0.1) is 0 Å². The number of nitrogens with zero attached hydrogens (tertiary/aromatic N) is 2. The van der Waals surface area contributed by atoms with Crippen molar-refractivity contribution < 1.29 is 8.42 Å². The second kappa shape index (κ2) is 8.13. The van der Waals surface area contributed by atoms with E-state index in [-0.39, 0.29) is 0 Å². The van der Waals surface area contributed by atoms with Crippen molar-refractivity contribution in [3.05, 3.63) is 29.8 Å². The molecule has 1 aliphatic heterocycles. The Morgan fingerprint density at radius 2 is 1.96 bits per heavy atom. The van der Waals surface area contributed by atoms with E-state index < -0.39 is 10.2 Å². The van der Waals surface area contributed by atoms with Crippen LogP contribution in [0.25, 0.3) is 0 Å². The molecule has 1 aromatic carbocycles. The van der Waals surface area contributed by atoms with Crippen molar-refractivity contribution in [3.63, 3.8) is 0 Å². The maximum atomic E-state index is 12.3. The third-order valence-corrected chi connectivity index (χ3v) is 5.92. The van der Waals surface area contributed by atoms with Gasteiger partial charge in [-0.2, -0.15) is 12.7 Å². The standard InChI is InChI=1S/C17H29N3O2S/c1-15-6-5-13-20(14-15)23(21,22)18-12-4-7-16-8-10-17(11-9-16)19(2)3/h8-11,15,18H,4-7,12-14H2,1-3H3/t15-/m1/s1. The minimum Gasteiger partial charge on any atom is -0.378 e. The molecule has 0 spiro atoms. The Hall–Kier alpha value is -1.11. The second-order valence-corrected chi connectivity index (χ2v) is 8.42. The Morgan fingerprint density at radius 3 is 2.57 bits per heavy atom. The van der Waals surface area contributed by atoms with Crippen LogP contribution in [0.2, 0.25) is 0 Å². The number of benzene rings is 1. The monoisotopic (exact) mass is 339 g/mol. The molecule has 6 heteroatoms. The molecule has 0 saturated carbocycles. The number of anilines is 1. The van der Waals surface area contributed by atoms with Gasteiger partial charge in [-0.3, -0.25) is 0 Å². The van der Waals surface area contributed by atoms with Crippen LogP contribution < -0.4 is 9.62 Å². The first-order valence-corrected chi connectivity index (χ1v) is 9.83. The van der Waals surface area contributed by atoms with Crippen molar-refractivity contribution in [3.8, 4) is 0 Å². The van der Waals surface area contributed by atoms with Gasteiger partial charge in [-0.1, -0.05) is 19.1 Å². The van der Waals surface area contributed by atoms with E-state index in [1.54, 1.807) is 4.31 Å². The fourth-order valence-electron chi connectivity index (χ4n) is 2.91. The van der Waals surface area contributed by atoms with Gasteiger partial charge in [-0.05, 0) is 49.3 Å². The highest BCUT2D eigenvalue weighted by atomic mass is 32.2. The number of hydrogen-bond donors (Lipinski definition) is 1. The SMILES string of the molecule is C[C@@H]1CCCN(S(=O)(=O)NCCCc2ccc(N(C)C)cc2)C1. The summed E-state index contributed by atoms with van der Waals surface area (Å²) in [6.45, 7) is 3.88. The Bertz CT molecular complexity index is 584. The average Bonchev–Trinajstić information content (AvgIpc) is 2.52. The molecule has 0 aliphatic carbocycles. The quantitative estimate of drug-likeness (QED) is 0.775. The van der Waals surface area contributed by atoms with E-state index in [4.69, 9.17) is 0 Å². The second-order valence-electron chi connectivity index (χ2n) is 6.67. The van der Waals surface area contributed by atoms with Crippen LogP contribution in [-0.4, -0.2) is 46.5 Å². The summed E-state index contributed by atoms with van der Waals surface area (Å²) in [7, 11) is 0.726. The maximum Gasteiger partial charge on any atom is 0.279 e. The fourth-order valence-corrected chi connectivity index (χ4v) is 4.32. The predicted molar refractivity (Wildman–Crippen MR) is 96.0 cm³/mol. The van der Waals surface area contributed by atoms with Crippen LogP contribution in [0.5, 0.6) is 0 Å². The van der Waals surface area contributed by atoms with Crippen LogP contribution in [-0.2, 0) is 16.6 Å². The normalized spacial score (nSPS) is 19.7. The third-order valence-electron chi connectivity index (χ3n) is 4.34. The summed E-state index contributed by atoms with van der Waals surface area (Å²) in [5.74, 6) is 0.454. The topological polar surface area (TPSA) is 52.7 Å². The van der Waals surface area contributed by atoms with Crippen molar-refractivity contribution in [2.45, 2.75) is 32.6 Å². The number of hydrogen-bond acceptors (Lipinski definition) is 3. The van der Waals surface area contributed by atoms with Crippen molar-refractivity contribution in [2.75, 3.05) is 38.6 Å². The van der Waals surface area contributed by atoms with Gasteiger partial charge in [0.25, 0.3) is 10.2 Å². The molecule has 23 heavy (non-hydrogen) atoms. The van der Waals surface area contributed by atoms with E-state index in [1.165, 1.54) is 11.3 Å². The van der Waals surface area contributed by atoms with Gasteiger partial charge in [0.05, 0.1) is 0 Å². The van der Waals surface area contributed by atoms with Crippen LogP contribution in [0, 0.1) is 5.92 Å². The molecule has 1 atom stereocenters. The van der Waals surface area contributed by atoms with E-state index in [9.17, 15) is 8.42 Å². The molecule has 1 aliphatic rings. The molecule has 5 nitrogen and oxygen atoms in total. The van der Waals surface area contributed by atoms with Gasteiger partial charge in [0.1, 0.15) is 0 Å². The first kappa shape index (κ1) is 18.2. The Kier molecular flexibility index (Phi) is 6.44. The summed E-state index contributed by atoms with van der Waals surface area (Å²) in [6, 6.07) is 8.40. The molecule has 0 unspecified atom stereocenters. The highest BCUT2D eigenvalue weighted by molar-refractivity contribution is 7.87. The molecule has 130 valence electrons. The maximum absolute atomic E-state index is 12.3. The van der Waals surface area contributed by atoms with E-state index in [2.05, 4.69) is 40.8 Å². The summed E-state index contributed by atoms with van der Waals surface area (Å²) in [6.07, 6.45) is 3.77. The lowest BCUT2D eigenvalue weighted by atomic mass is 10.0. The van der Waals surface area contributed by atoms with E-state index in [1.807, 2.05) is 14.1 Å². The Morgan fingerprint density at radius 1 is 1.26 bits per heavy atom. The highest BCUT2D eigenvalue weighted by Gasteiger charge is 2.26. The molecule has 1 fully saturated rings. The molecule has 0 radical (unpaired) electrons. The van der Waals surface area contributed by atoms with Gasteiger partial charge in [0.2, 0.25) is 0 Å².